The number of rotatable bonds is 7. The van der Waals surface area contributed by atoms with E-state index in [1.54, 1.807) is 50.2 Å². The average molecular weight is 440 g/mol. The molecule has 0 aliphatic carbocycles. The van der Waals surface area contributed by atoms with Crippen LogP contribution in [0.15, 0.2) is 53.6 Å². The lowest BCUT2D eigenvalue weighted by Gasteiger charge is -2.22. The lowest BCUT2D eigenvalue weighted by molar-refractivity contribution is 0.372. The van der Waals surface area contributed by atoms with Crippen LogP contribution in [0.4, 0.5) is 10.1 Å². The summed E-state index contributed by atoms with van der Waals surface area (Å²) in [7, 11) is -7.00. The van der Waals surface area contributed by atoms with Crippen molar-refractivity contribution >= 4 is 31.4 Å². The molecule has 1 aliphatic rings. The molecular weight excluding hydrogens is 417 g/mol. The van der Waals surface area contributed by atoms with Crippen molar-refractivity contribution in [3.05, 3.63) is 65.5 Å². The molecule has 156 valence electrons. The second kappa shape index (κ2) is 8.11. The quantitative estimate of drug-likeness (QED) is 0.717. The van der Waals surface area contributed by atoms with Gasteiger partial charge < -0.3 is 0 Å². The van der Waals surface area contributed by atoms with Gasteiger partial charge in [-0.2, -0.15) is 9.52 Å². The molecule has 1 atom stereocenters. The van der Waals surface area contributed by atoms with Crippen LogP contribution in [0.3, 0.4) is 0 Å². The Labute approximate surface area is 170 Å². The Kier molecular flexibility index (Phi) is 5.95. The summed E-state index contributed by atoms with van der Waals surface area (Å²) >= 11 is 0. The zero-order valence-electron chi connectivity index (χ0n) is 16.0. The van der Waals surface area contributed by atoms with Crippen LogP contribution in [0.25, 0.3) is 0 Å². The minimum atomic E-state index is -3.62. The lowest BCUT2D eigenvalue weighted by atomic mass is 9.99. The molecule has 10 heteroatoms. The Morgan fingerprint density at radius 1 is 1.00 bits per heavy atom. The van der Waals surface area contributed by atoms with E-state index in [-0.39, 0.29) is 11.5 Å². The van der Waals surface area contributed by atoms with Gasteiger partial charge in [-0.1, -0.05) is 24.3 Å². The van der Waals surface area contributed by atoms with E-state index in [0.717, 1.165) is 4.41 Å². The normalized spacial score (nSPS) is 17.3. The lowest BCUT2D eigenvalue weighted by Crippen LogP contribution is -2.28. The second-order valence-corrected chi connectivity index (χ2v) is 10.7. The van der Waals surface area contributed by atoms with Gasteiger partial charge in [-0.15, -0.1) is 0 Å². The first kappa shape index (κ1) is 21.3. The molecule has 2 aromatic carbocycles. The number of nitrogens with zero attached hydrogens (tertiary/aromatic N) is 2. The maximum Gasteiger partial charge on any atom is 0.250 e. The number of sulfonamides is 2. The smallest absolute Gasteiger partial charge is 0.250 e. The summed E-state index contributed by atoms with van der Waals surface area (Å²) in [6.07, 6.45) is 0.324. The number of hydrogen-bond acceptors (Lipinski definition) is 5. The number of nitrogens with one attached hydrogen (secondary N) is 1. The largest absolute Gasteiger partial charge is 0.284 e. The molecular formula is C19H22FN3O4S2. The molecule has 0 spiro atoms. The van der Waals surface area contributed by atoms with Crippen LogP contribution in [0.1, 0.15) is 37.4 Å². The van der Waals surface area contributed by atoms with Crippen molar-refractivity contribution in [1.82, 2.24) is 4.41 Å². The van der Waals surface area contributed by atoms with Crippen molar-refractivity contribution in [2.75, 3.05) is 16.2 Å². The number of hydrazone groups is 1. The van der Waals surface area contributed by atoms with Crippen molar-refractivity contribution in [1.29, 1.82) is 0 Å². The fourth-order valence-electron chi connectivity index (χ4n) is 2.97. The predicted molar refractivity (Wildman–Crippen MR) is 111 cm³/mol. The highest BCUT2D eigenvalue weighted by molar-refractivity contribution is 7.92. The first-order chi connectivity index (χ1) is 13.6. The van der Waals surface area contributed by atoms with Gasteiger partial charge in [-0.05, 0) is 49.2 Å². The van der Waals surface area contributed by atoms with E-state index in [4.69, 9.17) is 0 Å². The second-order valence-electron chi connectivity index (χ2n) is 6.57. The van der Waals surface area contributed by atoms with Crippen LogP contribution in [0.2, 0.25) is 0 Å². The molecule has 0 fully saturated rings. The number of halogens is 1. The van der Waals surface area contributed by atoms with Gasteiger partial charge in [0.05, 0.1) is 23.3 Å². The van der Waals surface area contributed by atoms with Crippen LogP contribution >= 0.6 is 0 Å². The predicted octanol–water partition coefficient (Wildman–Crippen LogP) is 3.09. The van der Waals surface area contributed by atoms with E-state index in [0.29, 0.717) is 28.9 Å². The van der Waals surface area contributed by atoms with Crippen molar-refractivity contribution in [3.8, 4) is 0 Å². The summed E-state index contributed by atoms with van der Waals surface area (Å²) < 4.78 is 65.3. The van der Waals surface area contributed by atoms with E-state index in [1.807, 2.05) is 0 Å². The van der Waals surface area contributed by atoms with Gasteiger partial charge in [0.1, 0.15) is 5.82 Å². The average Bonchev–Trinajstić information content (AvgIpc) is 3.15. The van der Waals surface area contributed by atoms with Crippen molar-refractivity contribution in [2.24, 2.45) is 5.10 Å². The van der Waals surface area contributed by atoms with Crippen LogP contribution in [0.5, 0.6) is 0 Å². The van der Waals surface area contributed by atoms with E-state index < -0.39 is 31.9 Å². The first-order valence-corrected chi connectivity index (χ1v) is 12.4. The van der Waals surface area contributed by atoms with E-state index in [1.165, 1.54) is 12.1 Å². The zero-order chi connectivity index (χ0) is 21.2. The third kappa shape index (κ3) is 4.76. The van der Waals surface area contributed by atoms with E-state index in [2.05, 4.69) is 9.82 Å². The molecule has 2 aromatic rings. The molecule has 1 aliphatic heterocycles. The highest BCUT2D eigenvalue weighted by Gasteiger charge is 2.35. The molecule has 0 saturated heterocycles. The maximum absolute atomic E-state index is 13.3. The molecule has 29 heavy (non-hydrogen) atoms. The highest BCUT2D eigenvalue weighted by atomic mass is 32.2. The highest BCUT2D eigenvalue weighted by Crippen LogP contribution is 2.35. The molecule has 0 radical (unpaired) electrons. The van der Waals surface area contributed by atoms with E-state index >= 15 is 0 Å². The molecule has 0 aromatic heterocycles. The van der Waals surface area contributed by atoms with Gasteiger partial charge in [0.25, 0.3) is 0 Å². The van der Waals surface area contributed by atoms with Crippen LogP contribution in [-0.4, -0.2) is 38.5 Å². The SMILES string of the molecule is CCS(=O)(=O)Nc1ccc(C2=NN(S(=O)(=O)CC)[C@@H](c3ccc(F)cc3)C2)cc1. The fraction of sp³-hybridized carbons (Fsp3) is 0.316. The van der Waals surface area contributed by atoms with Crippen molar-refractivity contribution in [2.45, 2.75) is 26.3 Å². The maximum atomic E-state index is 13.3. The zero-order valence-corrected chi connectivity index (χ0v) is 17.7. The van der Waals surface area contributed by atoms with Gasteiger partial charge in [0.15, 0.2) is 0 Å². The van der Waals surface area contributed by atoms with Gasteiger partial charge in [-0.3, -0.25) is 4.72 Å². The molecule has 1 N–H and O–H groups in total. The summed E-state index contributed by atoms with van der Waals surface area (Å²) in [5.41, 5.74) is 2.31. The van der Waals surface area contributed by atoms with Gasteiger partial charge in [-0.25, -0.2) is 21.2 Å². The van der Waals surface area contributed by atoms with E-state index in [9.17, 15) is 21.2 Å². The molecule has 3 rings (SSSR count). The van der Waals surface area contributed by atoms with Gasteiger partial charge in [0.2, 0.25) is 20.0 Å². The molecule has 7 nitrogen and oxygen atoms in total. The van der Waals surface area contributed by atoms with Gasteiger partial charge in [0, 0.05) is 12.1 Å². The Hall–Kier alpha value is -2.46. The Morgan fingerprint density at radius 2 is 1.62 bits per heavy atom. The third-order valence-electron chi connectivity index (χ3n) is 4.65. The number of hydrogen-bond donors (Lipinski definition) is 1. The Morgan fingerprint density at radius 3 is 2.17 bits per heavy atom. The standard InChI is InChI=1S/C19H22FN3O4S2/c1-3-28(24,25)22-17-11-7-14(8-12-17)18-13-19(15-5-9-16(20)10-6-15)23(21-18)29(26,27)4-2/h5-12,19,22H,3-4,13H2,1-2H3/t19-/m1/s1. The summed E-state index contributed by atoms with van der Waals surface area (Å²) in [4.78, 5) is 0. The van der Waals surface area contributed by atoms with Crippen molar-refractivity contribution < 1.29 is 21.2 Å². The Balaban J connectivity index is 1.91. The summed E-state index contributed by atoms with van der Waals surface area (Å²) in [5.74, 6) is -0.549. The summed E-state index contributed by atoms with van der Waals surface area (Å²) in [6, 6.07) is 11.7. The molecule has 1 heterocycles. The molecule has 0 unspecified atom stereocenters. The minimum absolute atomic E-state index is 0.0371. The minimum Gasteiger partial charge on any atom is -0.284 e. The van der Waals surface area contributed by atoms with Gasteiger partial charge >= 0.3 is 0 Å². The molecule has 0 bridgehead atoms. The summed E-state index contributed by atoms with van der Waals surface area (Å²) in [5, 5.41) is 4.33. The number of anilines is 1. The molecule has 0 saturated carbocycles. The molecule has 0 amide bonds. The Bertz CT molecular complexity index is 1110. The van der Waals surface area contributed by atoms with Crippen LogP contribution in [0, 0.1) is 5.82 Å². The monoisotopic (exact) mass is 439 g/mol. The topological polar surface area (TPSA) is 95.9 Å². The number of benzene rings is 2. The van der Waals surface area contributed by atoms with Crippen LogP contribution < -0.4 is 4.72 Å². The fourth-order valence-corrected chi connectivity index (χ4v) is 4.68. The third-order valence-corrected chi connectivity index (χ3v) is 7.59. The summed E-state index contributed by atoms with van der Waals surface area (Å²) in [6.45, 7) is 3.08. The van der Waals surface area contributed by atoms with Crippen molar-refractivity contribution in [3.63, 3.8) is 0 Å². The first-order valence-electron chi connectivity index (χ1n) is 9.11. The van der Waals surface area contributed by atoms with Crippen LogP contribution in [-0.2, 0) is 20.0 Å².